The first-order valence-corrected chi connectivity index (χ1v) is 7.78. The van der Waals surface area contributed by atoms with Gasteiger partial charge in [-0.3, -0.25) is 4.90 Å². The van der Waals surface area contributed by atoms with E-state index < -0.39 is 0 Å². The number of nitrogens with zero attached hydrogens (tertiary/aromatic N) is 1. The molecule has 106 valence electrons. The molecule has 3 nitrogen and oxygen atoms in total. The second-order valence-electron chi connectivity index (χ2n) is 5.19. The summed E-state index contributed by atoms with van der Waals surface area (Å²) in [4.78, 5) is 2.31. The molecule has 0 aliphatic carbocycles. The molecule has 0 unspecified atom stereocenters. The van der Waals surface area contributed by atoms with Gasteiger partial charge in [0.15, 0.2) is 0 Å². The topological polar surface area (TPSA) is 24.5 Å². The number of nitrogens with one attached hydrogen (secondary N) is 1. The van der Waals surface area contributed by atoms with E-state index in [0.717, 1.165) is 50.1 Å². The van der Waals surface area contributed by atoms with Crippen molar-refractivity contribution in [1.82, 2.24) is 10.2 Å². The van der Waals surface area contributed by atoms with Crippen molar-refractivity contribution in [2.24, 2.45) is 0 Å². The van der Waals surface area contributed by atoms with E-state index in [0.29, 0.717) is 6.10 Å². The van der Waals surface area contributed by atoms with Gasteiger partial charge in [-0.2, -0.15) is 0 Å². The molecule has 0 amide bonds. The number of hydrogen-bond donors (Lipinski definition) is 1. The first-order valence-electron chi connectivity index (χ1n) is 6.99. The van der Waals surface area contributed by atoms with E-state index in [1.54, 1.807) is 0 Å². The third-order valence-electron chi connectivity index (χ3n) is 3.45. The van der Waals surface area contributed by atoms with Crippen molar-refractivity contribution in [3.05, 3.63) is 34.3 Å². The molecule has 1 saturated heterocycles. The van der Waals surface area contributed by atoms with Crippen LogP contribution >= 0.6 is 15.9 Å². The van der Waals surface area contributed by atoms with Gasteiger partial charge in [0, 0.05) is 17.6 Å². The fourth-order valence-electron chi connectivity index (χ4n) is 2.36. The van der Waals surface area contributed by atoms with Crippen molar-refractivity contribution in [1.29, 1.82) is 0 Å². The smallest absolute Gasteiger partial charge is 0.0600 e. The quantitative estimate of drug-likeness (QED) is 0.869. The van der Waals surface area contributed by atoms with Crippen molar-refractivity contribution in [2.45, 2.75) is 25.5 Å². The van der Waals surface area contributed by atoms with E-state index in [9.17, 15) is 0 Å². The van der Waals surface area contributed by atoms with E-state index in [2.05, 4.69) is 57.5 Å². The Morgan fingerprint density at radius 2 is 2.16 bits per heavy atom. The van der Waals surface area contributed by atoms with Crippen LogP contribution in [0.25, 0.3) is 0 Å². The molecular weight excluding hydrogens is 304 g/mol. The molecule has 19 heavy (non-hydrogen) atoms. The Morgan fingerprint density at radius 3 is 2.89 bits per heavy atom. The van der Waals surface area contributed by atoms with Crippen LogP contribution < -0.4 is 5.32 Å². The Balaban J connectivity index is 1.65. The zero-order chi connectivity index (χ0) is 13.5. The van der Waals surface area contributed by atoms with Gasteiger partial charge in [-0.05, 0) is 50.7 Å². The summed E-state index contributed by atoms with van der Waals surface area (Å²) in [6.07, 6.45) is 2.76. The second kappa shape index (κ2) is 8.00. The molecular formula is C15H23BrN2O. The molecule has 0 bridgehead atoms. The maximum atomic E-state index is 5.92. The standard InChI is InChI=1S/C15H23BrN2O/c1-18(12-13-3-2-4-14(16)11-13)9-10-19-15-5-7-17-8-6-15/h2-4,11,15,17H,5-10,12H2,1H3. The first-order chi connectivity index (χ1) is 9.24. The number of halogens is 1. The van der Waals surface area contributed by atoms with E-state index in [1.165, 1.54) is 5.56 Å². The van der Waals surface area contributed by atoms with Gasteiger partial charge in [0.25, 0.3) is 0 Å². The maximum Gasteiger partial charge on any atom is 0.0600 e. The highest BCUT2D eigenvalue weighted by molar-refractivity contribution is 9.10. The Bertz CT molecular complexity index is 380. The summed E-state index contributed by atoms with van der Waals surface area (Å²) in [5, 5.41) is 3.36. The van der Waals surface area contributed by atoms with Crippen molar-refractivity contribution in [3.63, 3.8) is 0 Å². The van der Waals surface area contributed by atoms with Gasteiger partial charge in [0.1, 0.15) is 0 Å². The average Bonchev–Trinajstić information content (AvgIpc) is 2.40. The maximum absolute atomic E-state index is 5.92. The molecule has 1 fully saturated rings. The SMILES string of the molecule is CN(CCOC1CCNCC1)Cc1cccc(Br)c1. The largest absolute Gasteiger partial charge is 0.377 e. The molecule has 1 aliphatic rings. The number of rotatable bonds is 6. The Labute approximate surface area is 124 Å². The lowest BCUT2D eigenvalue weighted by Gasteiger charge is -2.24. The summed E-state index contributed by atoms with van der Waals surface area (Å²) < 4.78 is 7.07. The summed E-state index contributed by atoms with van der Waals surface area (Å²) >= 11 is 3.51. The number of piperidine rings is 1. The zero-order valence-corrected chi connectivity index (χ0v) is 13.2. The van der Waals surface area contributed by atoms with E-state index >= 15 is 0 Å². The summed E-state index contributed by atoms with van der Waals surface area (Å²) in [6, 6.07) is 8.47. The van der Waals surface area contributed by atoms with Crippen molar-refractivity contribution in [3.8, 4) is 0 Å². The second-order valence-corrected chi connectivity index (χ2v) is 6.10. The van der Waals surface area contributed by atoms with Crippen molar-refractivity contribution >= 4 is 15.9 Å². The van der Waals surface area contributed by atoms with E-state index in [-0.39, 0.29) is 0 Å². The van der Waals surface area contributed by atoms with Gasteiger partial charge < -0.3 is 10.1 Å². The minimum Gasteiger partial charge on any atom is -0.377 e. The number of hydrogen-bond acceptors (Lipinski definition) is 3. The lowest BCUT2D eigenvalue weighted by atomic mass is 10.1. The third-order valence-corrected chi connectivity index (χ3v) is 3.95. The van der Waals surface area contributed by atoms with Crippen LogP contribution in [-0.4, -0.2) is 44.3 Å². The molecule has 4 heteroatoms. The molecule has 2 rings (SSSR count). The highest BCUT2D eigenvalue weighted by Crippen LogP contribution is 2.13. The molecule has 1 aromatic carbocycles. The van der Waals surface area contributed by atoms with Crippen LogP contribution in [-0.2, 0) is 11.3 Å². The molecule has 1 heterocycles. The molecule has 0 spiro atoms. The van der Waals surface area contributed by atoms with Gasteiger partial charge in [-0.25, -0.2) is 0 Å². The summed E-state index contributed by atoms with van der Waals surface area (Å²) in [5.41, 5.74) is 1.33. The van der Waals surface area contributed by atoms with Gasteiger partial charge in [0.2, 0.25) is 0 Å². The Kier molecular flexibility index (Phi) is 6.31. The third kappa shape index (κ3) is 5.61. The number of likely N-dealkylation sites (N-methyl/N-ethyl adjacent to an activating group) is 1. The molecule has 1 aromatic rings. The van der Waals surface area contributed by atoms with Crippen LogP contribution in [0.4, 0.5) is 0 Å². The summed E-state index contributed by atoms with van der Waals surface area (Å²) in [7, 11) is 2.15. The summed E-state index contributed by atoms with van der Waals surface area (Å²) in [6.45, 7) is 4.97. The van der Waals surface area contributed by atoms with Gasteiger partial charge >= 0.3 is 0 Å². The highest BCUT2D eigenvalue weighted by atomic mass is 79.9. The molecule has 0 radical (unpaired) electrons. The van der Waals surface area contributed by atoms with E-state index in [1.807, 2.05) is 0 Å². The Hall–Kier alpha value is -0.420. The Morgan fingerprint density at radius 1 is 1.37 bits per heavy atom. The van der Waals surface area contributed by atoms with Crippen LogP contribution in [0, 0.1) is 0 Å². The van der Waals surface area contributed by atoms with Crippen LogP contribution in [0.5, 0.6) is 0 Å². The lowest BCUT2D eigenvalue weighted by Crippen LogP contribution is -2.34. The van der Waals surface area contributed by atoms with Gasteiger partial charge in [-0.15, -0.1) is 0 Å². The van der Waals surface area contributed by atoms with Crippen molar-refractivity contribution < 1.29 is 4.74 Å². The predicted molar refractivity (Wildman–Crippen MR) is 82.3 cm³/mol. The fourth-order valence-corrected chi connectivity index (χ4v) is 2.81. The van der Waals surface area contributed by atoms with Crippen LogP contribution in [0.1, 0.15) is 18.4 Å². The highest BCUT2D eigenvalue weighted by Gasteiger charge is 2.13. The molecule has 0 saturated carbocycles. The lowest BCUT2D eigenvalue weighted by molar-refractivity contribution is 0.0224. The van der Waals surface area contributed by atoms with Gasteiger partial charge in [-0.1, -0.05) is 28.1 Å². The monoisotopic (exact) mass is 326 g/mol. The summed E-state index contributed by atoms with van der Waals surface area (Å²) in [5.74, 6) is 0. The zero-order valence-electron chi connectivity index (χ0n) is 11.6. The van der Waals surface area contributed by atoms with Crippen LogP contribution in [0.15, 0.2) is 28.7 Å². The predicted octanol–water partition coefficient (Wildman–Crippen LogP) is 2.65. The number of ether oxygens (including phenoxy) is 1. The molecule has 1 aliphatic heterocycles. The van der Waals surface area contributed by atoms with E-state index in [4.69, 9.17) is 4.74 Å². The first kappa shape index (κ1) is 15.0. The molecule has 0 atom stereocenters. The van der Waals surface area contributed by atoms with Crippen LogP contribution in [0.3, 0.4) is 0 Å². The minimum atomic E-state index is 0.459. The minimum absolute atomic E-state index is 0.459. The van der Waals surface area contributed by atoms with Gasteiger partial charge in [0.05, 0.1) is 12.7 Å². The normalized spacial score (nSPS) is 17.0. The average molecular weight is 327 g/mol. The molecule has 0 aromatic heterocycles. The number of benzene rings is 1. The van der Waals surface area contributed by atoms with Crippen LogP contribution in [0.2, 0.25) is 0 Å². The fraction of sp³-hybridized carbons (Fsp3) is 0.600. The van der Waals surface area contributed by atoms with Crippen molar-refractivity contribution in [2.75, 3.05) is 33.3 Å². The molecule has 1 N–H and O–H groups in total.